The predicted molar refractivity (Wildman–Crippen MR) is 90.4 cm³/mol. The van der Waals surface area contributed by atoms with Gasteiger partial charge in [-0.1, -0.05) is 23.8 Å². The molecule has 1 atom stereocenters. The van der Waals surface area contributed by atoms with Crippen molar-refractivity contribution in [3.63, 3.8) is 0 Å². The molecule has 0 aliphatic carbocycles. The van der Waals surface area contributed by atoms with Crippen molar-refractivity contribution in [3.8, 4) is 0 Å². The van der Waals surface area contributed by atoms with Crippen LogP contribution in [0.15, 0.2) is 29.5 Å². The van der Waals surface area contributed by atoms with Gasteiger partial charge in [0, 0.05) is 18.8 Å². The highest BCUT2D eigenvalue weighted by molar-refractivity contribution is 5.98. The highest BCUT2D eigenvalue weighted by atomic mass is 16.5. The second-order valence-electron chi connectivity index (χ2n) is 6.33. The smallest absolute Gasteiger partial charge is 0.319 e. The van der Waals surface area contributed by atoms with E-state index in [4.69, 9.17) is 4.74 Å². The summed E-state index contributed by atoms with van der Waals surface area (Å²) in [7, 11) is 0. The Labute approximate surface area is 141 Å². The van der Waals surface area contributed by atoms with Crippen LogP contribution in [0.5, 0.6) is 0 Å². The number of nitrogens with one attached hydrogen (secondary N) is 2. The maximum absolute atomic E-state index is 13.1. The Balaban J connectivity index is 2.01. The molecule has 6 heteroatoms. The summed E-state index contributed by atoms with van der Waals surface area (Å²) in [5.41, 5.74) is 4.32. The van der Waals surface area contributed by atoms with Gasteiger partial charge >= 0.3 is 6.03 Å². The highest BCUT2D eigenvalue weighted by Crippen LogP contribution is 2.31. The lowest BCUT2D eigenvalue weighted by Crippen LogP contribution is -2.49. The standard InChI is InChI=1S/C18H23N3O3/c1-11-4-5-12(2)14(10-11)16-15(13(3)19-18(23)20-16)17(22)21-6-8-24-9-7-21/h4-5,10,16H,6-9H2,1-3H3,(H2,19,20,23)/t16-/m1/s1. The lowest BCUT2D eigenvalue weighted by Gasteiger charge is -2.34. The molecule has 128 valence electrons. The van der Waals surface area contributed by atoms with Crippen LogP contribution in [-0.2, 0) is 9.53 Å². The molecule has 2 heterocycles. The van der Waals surface area contributed by atoms with Gasteiger partial charge in [0.1, 0.15) is 0 Å². The lowest BCUT2D eigenvalue weighted by molar-refractivity contribution is -0.131. The van der Waals surface area contributed by atoms with E-state index in [0.717, 1.165) is 16.7 Å². The lowest BCUT2D eigenvalue weighted by atomic mass is 9.90. The minimum atomic E-state index is -0.436. The second kappa shape index (κ2) is 6.65. The number of hydrogen-bond donors (Lipinski definition) is 2. The largest absolute Gasteiger partial charge is 0.378 e. The molecule has 3 amide bonds. The van der Waals surface area contributed by atoms with Crippen molar-refractivity contribution in [1.29, 1.82) is 0 Å². The van der Waals surface area contributed by atoms with Crippen molar-refractivity contribution in [2.24, 2.45) is 0 Å². The van der Waals surface area contributed by atoms with E-state index in [1.165, 1.54) is 0 Å². The fourth-order valence-electron chi connectivity index (χ4n) is 3.22. The number of aryl methyl sites for hydroxylation is 2. The molecule has 0 unspecified atom stereocenters. The number of allylic oxidation sites excluding steroid dienone is 1. The number of morpholine rings is 1. The molecule has 2 N–H and O–H groups in total. The van der Waals surface area contributed by atoms with Crippen molar-refractivity contribution in [2.75, 3.05) is 26.3 Å². The Morgan fingerprint density at radius 1 is 1.21 bits per heavy atom. The number of nitrogens with zero attached hydrogens (tertiary/aromatic N) is 1. The first kappa shape index (κ1) is 16.5. The molecule has 6 nitrogen and oxygen atoms in total. The Bertz CT molecular complexity index is 705. The summed E-state index contributed by atoms with van der Waals surface area (Å²) < 4.78 is 5.33. The number of rotatable bonds is 2. The van der Waals surface area contributed by atoms with Crippen LogP contribution in [0.2, 0.25) is 0 Å². The Hall–Kier alpha value is -2.34. The monoisotopic (exact) mass is 329 g/mol. The molecule has 0 saturated carbocycles. The SMILES string of the molecule is CC1=C(C(=O)N2CCOCC2)[C@@H](c2cc(C)ccc2C)NC(=O)N1. The Kier molecular flexibility index (Phi) is 4.57. The van der Waals surface area contributed by atoms with Crippen LogP contribution in [0.3, 0.4) is 0 Å². The van der Waals surface area contributed by atoms with Crippen LogP contribution in [0.4, 0.5) is 4.79 Å². The highest BCUT2D eigenvalue weighted by Gasteiger charge is 2.34. The summed E-state index contributed by atoms with van der Waals surface area (Å²) in [6.45, 7) is 8.02. The molecule has 1 aromatic carbocycles. The molecule has 0 spiro atoms. The summed E-state index contributed by atoms with van der Waals surface area (Å²) in [5.74, 6) is -0.0470. The normalized spacial score (nSPS) is 21.4. The molecule has 24 heavy (non-hydrogen) atoms. The van der Waals surface area contributed by atoms with E-state index >= 15 is 0 Å². The number of benzene rings is 1. The molecule has 1 saturated heterocycles. The molecule has 2 aliphatic rings. The third-order valence-corrected chi connectivity index (χ3v) is 4.54. The van der Waals surface area contributed by atoms with Gasteiger partial charge in [-0.15, -0.1) is 0 Å². The van der Waals surface area contributed by atoms with Crippen LogP contribution in [0, 0.1) is 13.8 Å². The van der Waals surface area contributed by atoms with Crippen LogP contribution in [0.1, 0.15) is 29.7 Å². The predicted octanol–water partition coefficient (Wildman–Crippen LogP) is 1.79. The van der Waals surface area contributed by atoms with Crippen molar-refractivity contribution < 1.29 is 14.3 Å². The maximum Gasteiger partial charge on any atom is 0.319 e. The number of hydrogen-bond acceptors (Lipinski definition) is 3. The first-order chi connectivity index (χ1) is 11.5. The first-order valence-electron chi connectivity index (χ1n) is 8.20. The van der Waals surface area contributed by atoms with Gasteiger partial charge in [0.15, 0.2) is 0 Å². The Morgan fingerprint density at radius 2 is 1.92 bits per heavy atom. The van der Waals surface area contributed by atoms with Crippen LogP contribution in [0.25, 0.3) is 0 Å². The molecule has 0 radical (unpaired) electrons. The van der Waals surface area contributed by atoms with Gasteiger partial charge in [-0.25, -0.2) is 4.79 Å². The molecule has 1 aromatic rings. The maximum atomic E-state index is 13.1. The fourth-order valence-corrected chi connectivity index (χ4v) is 3.22. The van der Waals surface area contributed by atoms with Crippen LogP contribution >= 0.6 is 0 Å². The zero-order valence-electron chi connectivity index (χ0n) is 14.3. The van der Waals surface area contributed by atoms with Crippen molar-refractivity contribution >= 4 is 11.9 Å². The summed E-state index contributed by atoms with van der Waals surface area (Å²) in [5, 5.41) is 5.65. The van der Waals surface area contributed by atoms with Crippen molar-refractivity contribution in [3.05, 3.63) is 46.2 Å². The zero-order valence-corrected chi connectivity index (χ0v) is 14.3. The van der Waals surface area contributed by atoms with Crippen LogP contribution < -0.4 is 10.6 Å². The molecule has 3 rings (SSSR count). The number of ether oxygens (including phenoxy) is 1. The van der Waals surface area contributed by atoms with E-state index in [1.807, 2.05) is 32.0 Å². The van der Waals surface area contributed by atoms with Gasteiger partial charge in [-0.2, -0.15) is 0 Å². The van der Waals surface area contributed by atoms with E-state index in [1.54, 1.807) is 11.8 Å². The summed E-state index contributed by atoms with van der Waals surface area (Å²) in [6.07, 6.45) is 0. The third kappa shape index (κ3) is 3.14. The quantitative estimate of drug-likeness (QED) is 0.869. The number of amides is 3. The fraction of sp³-hybridized carbons (Fsp3) is 0.444. The topological polar surface area (TPSA) is 70.7 Å². The van der Waals surface area contributed by atoms with E-state index in [2.05, 4.69) is 10.6 Å². The summed E-state index contributed by atoms with van der Waals surface area (Å²) in [6, 6.07) is 5.36. The molecule has 2 aliphatic heterocycles. The van der Waals surface area contributed by atoms with Gasteiger partial charge < -0.3 is 20.3 Å². The summed E-state index contributed by atoms with van der Waals surface area (Å²) >= 11 is 0. The second-order valence-corrected chi connectivity index (χ2v) is 6.33. The third-order valence-electron chi connectivity index (χ3n) is 4.54. The van der Waals surface area contributed by atoms with Gasteiger partial charge in [0.05, 0.1) is 24.8 Å². The van der Waals surface area contributed by atoms with Crippen LogP contribution in [-0.4, -0.2) is 43.1 Å². The first-order valence-corrected chi connectivity index (χ1v) is 8.20. The molecule has 0 aromatic heterocycles. The van der Waals surface area contributed by atoms with E-state index in [9.17, 15) is 9.59 Å². The van der Waals surface area contributed by atoms with Crippen molar-refractivity contribution in [2.45, 2.75) is 26.8 Å². The van der Waals surface area contributed by atoms with Gasteiger partial charge in [-0.3, -0.25) is 4.79 Å². The minimum absolute atomic E-state index is 0.0470. The average molecular weight is 329 g/mol. The van der Waals surface area contributed by atoms with E-state index in [0.29, 0.717) is 37.6 Å². The molecule has 0 bridgehead atoms. The minimum Gasteiger partial charge on any atom is -0.378 e. The molecular weight excluding hydrogens is 306 g/mol. The van der Waals surface area contributed by atoms with Gasteiger partial charge in [-0.05, 0) is 31.9 Å². The number of carbonyl (C=O) groups excluding carboxylic acids is 2. The number of urea groups is 1. The zero-order chi connectivity index (χ0) is 17.3. The van der Waals surface area contributed by atoms with Gasteiger partial charge in [0.2, 0.25) is 0 Å². The Morgan fingerprint density at radius 3 is 2.62 bits per heavy atom. The average Bonchev–Trinajstić information content (AvgIpc) is 2.56. The van der Waals surface area contributed by atoms with E-state index < -0.39 is 6.04 Å². The molecular formula is C18H23N3O3. The number of carbonyl (C=O) groups is 2. The molecule has 1 fully saturated rings. The van der Waals surface area contributed by atoms with E-state index in [-0.39, 0.29) is 11.9 Å². The van der Waals surface area contributed by atoms with Gasteiger partial charge in [0.25, 0.3) is 5.91 Å². The van der Waals surface area contributed by atoms with Crippen molar-refractivity contribution in [1.82, 2.24) is 15.5 Å². The summed E-state index contributed by atoms with van der Waals surface area (Å²) in [4.78, 5) is 26.9.